The van der Waals surface area contributed by atoms with E-state index in [1.165, 1.54) is 1.92 Å². The Kier molecular flexibility index (Phi) is 4.46. The van der Waals surface area contributed by atoms with Crippen LogP contribution in [-0.2, 0) is 22.7 Å². The van der Waals surface area contributed by atoms with E-state index in [1.54, 1.807) is 0 Å². The molecule has 0 saturated carbocycles. The van der Waals surface area contributed by atoms with Gasteiger partial charge in [0.2, 0.25) is 0 Å². The van der Waals surface area contributed by atoms with Crippen molar-refractivity contribution in [2.45, 2.75) is 13.8 Å². The Morgan fingerprint density at radius 2 is 1.75 bits per heavy atom. The van der Waals surface area contributed by atoms with E-state index in [1.807, 2.05) is 22.9 Å². The van der Waals surface area contributed by atoms with Gasteiger partial charge in [-0.2, -0.15) is 0 Å². The van der Waals surface area contributed by atoms with E-state index in [0.717, 1.165) is 0 Å². The van der Waals surface area contributed by atoms with E-state index in [4.69, 9.17) is 0 Å². The van der Waals surface area contributed by atoms with Crippen LogP contribution < -0.4 is 0 Å². The summed E-state index contributed by atoms with van der Waals surface area (Å²) in [5.74, 6) is 2.14. The molecule has 0 N–H and O–H groups in total. The van der Waals surface area contributed by atoms with Crippen LogP contribution >= 0.6 is 22.9 Å². The van der Waals surface area contributed by atoms with E-state index >= 15 is 0 Å². The first kappa shape index (κ1) is 11.4. The Bertz CT molecular complexity index is 148. The first-order valence-corrected chi connectivity index (χ1v) is 7.27. The van der Waals surface area contributed by atoms with E-state index < -0.39 is 22.7 Å². The van der Waals surface area contributed by atoms with Crippen molar-refractivity contribution in [1.29, 1.82) is 0 Å². The second-order valence-corrected chi connectivity index (χ2v) is 8.38. The third-order valence-electron chi connectivity index (χ3n) is 1.98. The fraction of sp³-hybridized carbons (Fsp3) is 1.00. The van der Waals surface area contributed by atoms with Crippen molar-refractivity contribution < 1.29 is 9.11 Å². The van der Waals surface area contributed by atoms with Gasteiger partial charge in [0.15, 0.2) is 0 Å². The van der Waals surface area contributed by atoms with Gasteiger partial charge in [0.1, 0.15) is 59.0 Å². The maximum atomic E-state index is 11.4. The maximum absolute atomic E-state index is 11.4. The van der Waals surface area contributed by atoms with E-state index in [0.29, 0.717) is 23.3 Å². The molecule has 3 nitrogen and oxygen atoms in total. The number of halogens is 1. The van der Waals surface area contributed by atoms with Gasteiger partial charge < -0.3 is 9.11 Å². The van der Waals surface area contributed by atoms with Crippen LogP contribution in [0.15, 0.2) is 0 Å². The molecule has 1 saturated heterocycles. The van der Waals surface area contributed by atoms with Gasteiger partial charge in [-0.25, -0.2) is 0 Å². The molecule has 12 heavy (non-hydrogen) atoms. The zero-order chi connectivity index (χ0) is 9.30. The minimum Gasteiger partial charge on any atom is -0.594 e. The second kappa shape index (κ2) is 4.70. The van der Waals surface area contributed by atoms with Gasteiger partial charge in [-0.1, -0.05) is 13.8 Å². The third-order valence-corrected chi connectivity index (χ3v) is 7.68. The molecule has 0 amide bonds. The number of nitrogens with zero attached hydrogens (tertiary/aromatic N) is 1. The highest BCUT2D eigenvalue weighted by molar-refractivity contribution is 14.1. The lowest BCUT2D eigenvalue weighted by atomic mass is 10.0. The topological polar surface area (TPSA) is 49.4 Å². The van der Waals surface area contributed by atoms with Crippen LogP contribution in [0.1, 0.15) is 13.8 Å². The van der Waals surface area contributed by atoms with Crippen molar-refractivity contribution >= 4 is 45.6 Å². The van der Waals surface area contributed by atoms with Crippen molar-refractivity contribution in [3.8, 4) is 0 Å². The second-order valence-electron chi connectivity index (χ2n) is 3.19. The molecular weight excluding hydrogens is 309 g/mol. The molecule has 1 aliphatic heterocycles. The van der Waals surface area contributed by atoms with Crippen LogP contribution in [-0.4, -0.2) is 22.5 Å². The van der Waals surface area contributed by atoms with Crippen molar-refractivity contribution in [3.63, 3.8) is 0 Å². The minimum atomic E-state index is -1.05. The van der Waals surface area contributed by atoms with E-state index in [-0.39, 0.29) is 0 Å². The van der Waals surface area contributed by atoms with Crippen LogP contribution in [0.5, 0.6) is 0 Å². The monoisotopic (exact) mass is 321 g/mol. The third kappa shape index (κ3) is 2.65. The van der Waals surface area contributed by atoms with Gasteiger partial charge in [0, 0.05) is 0 Å². The molecule has 0 aromatic carbocycles. The number of hydrogen-bond acceptors (Lipinski definition) is 3. The fourth-order valence-electron chi connectivity index (χ4n) is 1.01. The smallest absolute Gasteiger partial charge is 0.143 e. The predicted octanol–water partition coefficient (Wildman–Crippen LogP) is 1.25. The van der Waals surface area contributed by atoms with Crippen LogP contribution in [0.2, 0.25) is 0 Å². The summed E-state index contributed by atoms with van der Waals surface area (Å²) in [6, 6.07) is 0. The average molecular weight is 321 g/mol. The molecule has 0 aromatic rings. The highest BCUT2D eigenvalue weighted by Crippen LogP contribution is 2.29. The Morgan fingerprint density at radius 1 is 1.33 bits per heavy atom. The highest BCUT2D eigenvalue weighted by atomic mass is 127. The molecule has 0 aliphatic carbocycles. The SMILES string of the molecule is CC(C)C1C[S+]([O-])N(I)[S+]([O-])C1. The molecule has 1 heterocycles. The highest BCUT2D eigenvalue weighted by Gasteiger charge is 2.41. The molecule has 0 bridgehead atoms. The van der Waals surface area contributed by atoms with Crippen molar-refractivity contribution in [2.75, 3.05) is 11.5 Å². The van der Waals surface area contributed by atoms with Crippen LogP contribution in [0.4, 0.5) is 0 Å². The predicted molar refractivity (Wildman–Crippen MR) is 60.2 cm³/mol. The average Bonchev–Trinajstić information content (AvgIpc) is 1.99. The Labute approximate surface area is 93.4 Å². The largest absolute Gasteiger partial charge is 0.594 e. The first-order chi connectivity index (χ1) is 5.52. The molecule has 72 valence electrons. The van der Waals surface area contributed by atoms with E-state index in [9.17, 15) is 9.11 Å². The van der Waals surface area contributed by atoms with Crippen molar-refractivity contribution in [3.05, 3.63) is 0 Å². The molecule has 1 fully saturated rings. The lowest BCUT2D eigenvalue weighted by Crippen LogP contribution is -2.44. The fourth-order valence-corrected chi connectivity index (χ4v) is 5.20. The zero-order valence-corrected chi connectivity index (χ0v) is 10.8. The van der Waals surface area contributed by atoms with Gasteiger partial charge in [-0.05, 0) is 5.92 Å². The van der Waals surface area contributed by atoms with Gasteiger partial charge in [0.25, 0.3) is 0 Å². The number of rotatable bonds is 1. The Hall–Kier alpha value is 1.31. The van der Waals surface area contributed by atoms with Crippen LogP contribution in [0.25, 0.3) is 0 Å². The summed E-state index contributed by atoms with van der Waals surface area (Å²) >= 11 is -0.216. The molecule has 0 radical (unpaired) electrons. The van der Waals surface area contributed by atoms with Crippen LogP contribution in [0.3, 0.4) is 0 Å². The minimum absolute atomic E-state index is 0.345. The lowest BCUT2D eigenvalue weighted by Gasteiger charge is -2.30. The summed E-state index contributed by atoms with van der Waals surface area (Å²) in [5.41, 5.74) is 0. The summed E-state index contributed by atoms with van der Waals surface area (Å²) in [7, 11) is 0. The summed E-state index contributed by atoms with van der Waals surface area (Å²) in [5, 5.41) is 0. The molecule has 0 spiro atoms. The quantitative estimate of drug-likeness (QED) is 0.415. The first-order valence-electron chi connectivity index (χ1n) is 3.75. The molecule has 2 atom stereocenters. The Balaban J connectivity index is 2.53. The van der Waals surface area contributed by atoms with Gasteiger partial charge >= 0.3 is 0 Å². The zero-order valence-electron chi connectivity index (χ0n) is 7.03. The molecule has 6 heteroatoms. The van der Waals surface area contributed by atoms with Crippen LogP contribution in [0, 0.1) is 11.8 Å². The van der Waals surface area contributed by atoms with Gasteiger partial charge in [0.05, 0.1) is 5.92 Å². The summed E-state index contributed by atoms with van der Waals surface area (Å²) in [4.78, 5) is 0. The molecule has 1 rings (SSSR count). The maximum Gasteiger partial charge on any atom is 0.143 e. The summed E-state index contributed by atoms with van der Waals surface area (Å²) < 4.78 is 24.1. The van der Waals surface area contributed by atoms with Gasteiger partial charge in [-0.15, -0.1) is 0 Å². The number of hydrogen-bond donors (Lipinski definition) is 0. The van der Waals surface area contributed by atoms with Gasteiger partial charge in [-0.3, -0.25) is 0 Å². The lowest BCUT2D eigenvalue weighted by molar-refractivity contribution is 0.432. The molecule has 1 aliphatic rings. The van der Waals surface area contributed by atoms with Crippen molar-refractivity contribution in [1.82, 2.24) is 1.92 Å². The molecular formula is C6H12INO2S2. The summed E-state index contributed by atoms with van der Waals surface area (Å²) in [6.45, 7) is 4.17. The van der Waals surface area contributed by atoms with E-state index in [2.05, 4.69) is 13.8 Å². The molecule has 2 unspecified atom stereocenters. The van der Waals surface area contributed by atoms with Crippen molar-refractivity contribution in [2.24, 2.45) is 11.8 Å². The molecule has 0 aromatic heterocycles. The Morgan fingerprint density at radius 3 is 2.08 bits per heavy atom. The summed E-state index contributed by atoms with van der Waals surface area (Å²) in [6.07, 6.45) is 0. The normalized spacial score (nSPS) is 39.0. The standard InChI is InChI=1S/C6H12INO2S2/c1-5(2)6-3-11(9)8(7)12(10)4-6/h5-6H,3-4H2,1-2H3.